The minimum absolute atomic E-state index is 0.0527. The SMILES string of the molecule is COc1cc(/C=C2/NC(=O)N(Cc3ccccc3F)C2=O)ccc1Oc1ccc([N+](=O)[O-])cc1[N+](=O)[O-]. The summed E-state index contributed by atoms with van der Waals surface area (Å²) >= 11 is 0. The second kappa shape index (κ2) is 10.1. The van der Waals surface area contributed by atoms with Crippen molar-refractivity contribution in [1.82, 2.24) is 10.2 Å². The molecule has 1 heterocycles. The lowest BCUT2D eigenvalue weighted by molar-refractivity contribution is -0.394. The normalized spacial score (nSPS) is 14.0. The molecular weight excluding hydrogens is 491 g/mol. The topological polar surface area (TPSA) is 154 Å². The zero-order valence-corrected chi connectivity index (χ0v) is 19.0. The third kappa shape index (κ3) is 5.19. The fourth-order valence-corrected chi connectivity index (χ4v) is 3.50. The number of rotatable bonds is 8. The molecule has 13 heteroatoms. The van der Waals surface area contributed by atoms with E-state index in [1.165, 1.54) is 49.6 Å². The second-order valence-corrected chi connectivity index (χ2v) is 7.65. The van der Waals surface area contributed by atoms with Crippen molar-refractivity contribution in [2.45, 2.75) is 6.54 Å². The van der Waals surface area contributed by atoms with Crippen molar-refractivity contribution in [3.63, 3.8) is 0 Å². The molecule has 1 saturated heterocycles. The maximum Gasteiger partial charge on any atom is 0.329 e. The van der Waals surface area contributed by atoms with Crippen LogP contribution in [-0.4, -0.2) is 33.8 Å². The molecular formula is C24H17FN4O8. The Balaban J connectivity index is 1.58. The largest absolute Gasteiger partial charge is 0.493 e. The average Bonchev–Trinajstić information content (AvgIpc) is 3.13. The lowest BCUT2D eigenvalue weighted by Gasteiger charge is -2.12. The van der Waals surface area contributed by atoms with Gasteiger partial charge in [-0.1, -0.05) is 24.3 Å². The number of carbonyl (C=O) groups is 2. The zero-order valence-electron chi connectivity index (χ0n) is 19.0. The van der Waals surface area contributed by atoms with Crippen LogP contribution in [0.4, 0.5) is 20.6 Å². The summed E-state index contributed by atoms with van der Waals surface area (Å²) in [5.41, 5.74) is -0.547. The molecule has 1 N–H and O–H groups in total. The second-order valence-electron chi connectivity index (χ2n) is 7.65. The Kier molecular flexibility index (Phi) is 6.77. The highest BCUT2D eigenvalue weighted by Crippen LogP contribution is 2.38. The molecule has 1 fully saturated rings. The maximum atomic E-state index is 14.0. The minimum atomic E-state index is -0.810. The number of benzene rings is 3. The molecule has 3 aromatic carbocycles. The number of carbonyl (C=O) groups excluding carboxylic acids is 2. The summed E-state index contributed by atoms with van der Waals surface area (Å²) in [6, 6.07) is 12.4. The Morgan fingerprint density at radius 1 is 0.973 bits per heavy atom. The Bertz CT molecular complexity index is 1470. The summed E-state index contributed by atoms with van der Waals surface area (Å²) in [6.45, 7) is -0.251. The predicted molar refractivity (Wildman–Crippen MR) is 126 cm³/mol. The van der Waals surface area contributed by atoms with Crippen molar-refractivity contribution in [2.75, 3.05) is 7.11 Å². The number of imide groups is 1. The fraction of sp³-hybridized carbons (Fsp3) is 0.0833. The number of non-ortho nitro benzene ring substituents is 1. The third-order valence-electron chi connectivity index (χ3n) is 5.32. The molecule has 0 atom stereocenters. The molecule has 0 spiro atoms. The van der Waals surface area contributed by atoms with Crippen LogP contribution < -0.4 is 14.8 Å². The molecule has 0 saturated carbocycles. The first-order valence-electron chi connectivity index (χ1n) is 10.5. The van der Waals surface area contributed by atoms with Gasteiger partial charge in [-0.15, -0.1) is 0 Å². The van der Waals surface area contributed by atoms with Crippen LogP contribution in [0, 0.1) is 26.0 Å². The van der Waals surface area contributed by atoms with Gasteiger partial charge in [0, 0.05) is 11.6 Å². The summed E-state index contributed by atoms with van der Waals surface area (Å²) in [7, 11) is 1.32. The number of ether oxygens (including phenoxy) is 2. The van der Waals surface area contributed by atoms with Crippen molar-refractivity contribution in [3.8, 4) is 17.2 Å². The Hall–Kier alpha value is -5.33. The summed E-state index contributed by atoms with van der Waals surface area (Å²) in [4.78, 5) is 46.7. The van der Waals surface area contributed by atoms with Gasteiger partial charge in [-0.3, -0.25) is 29.9 Å². The van der Waals surface area contributed by atoms with E-state index in [4.69, 9.17) is 9.47 Å². The first-order valence-corrected chi connectivity index (χ1v) is 10.5. The Labute approximate surface area is 207 Å². The number of hydrogen-bond donors (Lipinski definition) is 1. The zero-order chi connectivity index (χ0) is 26.7. The van der Waals surface area contributed by atoms with Crippen molar-refractivity contribution >= 4 is 29.4 Å². The van der Waals surface area contributed by atoms with Crippen LogP contribution >= 0.6 is 0 Å². The molecule has 3 amide bonds. The van der Waals surface area contributed by atoms with Gasteiger partial charge in [0.2, 0.25) is 5.75 Å². The first kappa shape index (κ1) is 24.8. The molecule has 0 aliphatic carbocycles. The molecule has 0 aromatic heterocycles. The quantitative estimate of drug-likeness (QED) is 0.201. The number of nitrogens with zero attached hydrogens (tertiary/aromatic N) is 3. The van der Waals surface area contributed by atoms with Crippen molar-refractivity contribution < 1.29 is 33.3 Å². The van der Waals surface area contributed by atoms with Gasteiger partial charge in [0.25, 0.3) is 11.6 Å². The van der Waals surface area contributed by atoms with Crippen molar-refractivity contribution in [2.24, 2.45) is 0 Å². The van der Waals surface area contributed by atoms with Gasteiger partial charge in [-0.05, 0) is 35.9 Å². The smallest absolute Gasteiger partial charge is 0.329 e. The molecule has 1 aliphatic heterocycles. The standard InChI is InChI=1S/C24H17FN4O8/c1-36-22-11-14(6-8-21(22)37-20-9-7-16(28(32)33)12-19(20)29(34)35)10-18-23(30)27(24(31)26-18)13-15-4-2-3-5-17(15)25/h2-12H,13H2,1H3,(H,26,31)/b18-10+. The van der Waals surface area contributed by atoms with Crippen molar-refractivity contribution in [1.29, 1.82) is 0 Å². The monoisotopic (exact) mass is 508 g/mol. The van der Waals surface area contributed by atoms with Gasteiger partial charge in [0.05, 0.1) is 29.6 Å². The Morgan fingerprint density at radius 3 is 2.38 bits per heavy atom. The maximum absolute atomic E-state index is 14.0. The highest BCUT2D eigenvalue weighted by Gasteiger charge is 2.34. The molecule has 12 nitrogen and oxygen atoms in total. The first-order chi connectivity index (χ1) is 17.7. The van der Waals surface area contributed by atoms with Crippen LogP contribution in [0.1, 0.15) is 11.1 Å². The number of urea groups is 1. The van der Waals surface area contributed by atoms with Crippen molar-refractivity contribution in [3.05, 3.63) is 104 Å². The molecule has 0 bridgehead atoms. The number of amides is 3. The van der Waals surface area contributed by atoms with Gasteiger partial charge < -0.3 is 14.8 Å². The van der Waals surface area contributed by atoms with Gasteiger partial charge in [-0.25, -0.2) is 9.18 Å². The minimum Gasteiger partial charge on any atom is -0.493 e. The van der Waals surface area contributed by atoms with E-state index in [-0.39, 0.29) is 35.1 Å². The fourth-order valence-electron chi connectivity index (χ4n) is 3.50. The highest BCUT2D eigenvalue weighted by atomic mass is 19.1. The van der Waals surface area contributed by atoms with Crippen LogP contribution in [-0.2, 0) is 11.3 Å². The van der Waals surface area contributed by atoms with E-state index in [9.17, 15) is 34.2 Å². The van der Waals surface area contributed by atoms with E-state index >= 15 is 0 Å². The van der Waals surface area contributed by atoms with Gasteiger partial charge >= 0.3 is 11.7 Å². The summed E-state index contributed by atoms with van der Waals surface area (Å²) in [5.74, 6) is -1.27. The van der Waals surface area contributed by atoms with Crippen LogP contribution in [0.25, 0.3) is 6.08 Å². The number of hydrogen-bond acceptors (Lipinski definition) is 8. The van der Waals surface area contributed by atoms with Gasteiger partial charge in [0.1, 0.15) is 11.5 Å². The molecule has 4 rings (SSSR count). The van der Waals surface area contributed by atoms with E-state index in [0.29, 0.717) is 5.56 Å². The molecule has 188 valence electrons. The molecule has 0 unspecified atom stereocenters. The lowest BCUT2D eigenvalue weighted by Crippen LogP contribution is -2.30. The number of nitrogens with one attached hydrogen (secondary N) is 1. The summed E-state index contributed by atoms with van der Waals surface area (Å²) in [5, 5.41) is 24.8. The molecule has 37 heavy (non-hydrogen) atoms. The number of methoxy groups -OCH3 is 1. The van der Waals surface area contributed by atoms with Gasteiger partial charge in [0.15, 0.2) is 11.5 Å². The average molecular weight is 508 g/mol. The predicted octanol–water partition coefficient (Wildman–Crippen LogP) is 4.54. The van der Waals surface area contributed by atoms with E-state index < -0.39 is 39.0 Å². The van der Waals surface area contributed by atoms with E-state index in [2.05, 4.69) is 5.32 Å². The van der Waals surface area contributed by atoms with E-state index in [1.54, 1.807) is 6.07 Å². The molecule has 1 aliphatic rings. The van der Waals surface area contributed by atoms with Crippen LogP contribution in [0.15, 0.2) is 66.4 Å². The summed E-state index contributed by atoms with van der Waals surface area (Å²) in [6.07, 6.45) is 1.38. The highest BCUT2D eigenvalue weighted by molar-refractivity contribution is 6.13. The number of nitro groups is 2. The molecule has 0 radical (unpaired) electrons. The van der Waals surface area contributed by atoms with E-state index in [0.717, 1.165) is 23.1 Å². The molecule has 3 aromatic rings. The Morgan fingerprint density at radius 2 is 1.70 bits per heavy atom. The van der Waals surface area contributed by atoms with Crippen LogP contribution in [0.3, 0.4) is 0 Å². The van der Waals surface area contributed by atoms with Gasteiger partial charge in [-0.2, -0.15) is 0 Å². The lowest BCUT2D eigenvalue weighted by atomic mass is 10.1. The number of halogens is 1. The van der Waals surface area contributed by atoms with Crippen LogP contribution in [0.5, 0.6) is 17.2 Å². The third-order valence-corrected chi connectivity index (χ3v) is 5.32. The summed E-state index contributed by atoms with van der Waals surface area (Å²) < 4.78 is 24.9. The van der Waals surface area contributed by atoms with E-state index in [1.807, 2.05) is 0 Å². The van der Waals surface area contributed by atoms with Crippen LogP contribution in [0.2, 0.25) is 0 Å². The number of nitro benzene ring substituents is 2.